The fourth-order valence-electron chi connectivity index (χ4n) is 8.35. The van der Waals surface area contributed by atoms with Crippen LogP contribution in [0, 0.1) is 30.6 Å². The monoisotopic (exact) mass is 605 g/mol. The molecule has 0 amide bonds. The van der Waals surface area contributed by atoms with Gasteiger partial charge < -0.3 is 9.47 Å². The van der Waals surface area contributed by atoms with Gasteiger partial charge in [0.25, 0.3) is 0 Å². The summed E-state index contributed by atoms with van der Waals surface area (Å²) in [5, 5.41) is 0. The summed E-state index contributed by atoms with van der Waals surface area (Å²) in [7, 11) is 0. The van der Waals surface area contributed by atoms with Crippen molar-refractivity contribution in [2.24, 2.45) is 16.7 Å². The van der Waals surface area contributed by atoms with E-state index in [9.17, 15) is 7.54 Å². The van der Waals surface area contributed by atoms with E-state index < -0.39 is 34.0 Å². The van der Waals surface area contributed by atoms with Crippen molar-refractivity contribution in [1.29, 1.82) is 0 Å². The molecule has 0 N–H and O–H groups in total. The van der Waals surface area contributed by atoms with E-state index in [1.165, 1.54) is 0 Å². The van der Waals surface area contributed by atoms with Crippen LogP contribution < -0.4 is 9.47 Å². The van der Waals surface area contributed by atoms with Gasteiger partial charge in [0.05, 0.1) is 6.10 Å². The molecule has 2 atom stereocenters. The number of nitrogens with zero attached hydrogens (tertiary/aromatic N) is 1. The van der Waals surface area contributed by atoms with E-state index in [4.69, 9.17) is 9.47 Å². The van der Waals surface area contributed by atoms with Crippen LogP contribution in [0.15, 0.2) is 30.3 Å². The number of aryl methyl sites for hydroxylation is 1. The highest BCUT2D eigenvalue weighted by atomic mass is 16.5. The maximum absolute atomic E-state index is 14.6. The number of Topliss-reactive ketones (excluding diaryl/α,β-unsaturated/α-hetero) is 1. The largest absolute Gasteiger partial charge is 0.487 e. The van der Waals surface area contributed by atoms with Crippen molar-refractivity contribution >= 4 is 5.78 Å². The number of piperidine rings is 1. The molecule has 0 saturated carbocycles. The zero-order valence-corrected chi connectivity index (χ0v) is 30.6. The molecular weight excluding hydrogens is 542 g/mol. The molecule has 2 aromatic rings. The number of ketones is 1. The Morgan fingerprint density at radius 3 is 2.14 bits per heavy atom. The first-order chi connectivity index (χ1) is 20.6. The SMILES string of the molecule is [2H]C1([2H])CC(C)(CC2C(=O)c3cc(OC(C)C)c(OC(C)(C)C)c(C)c3C2(C)C)C(C)(C)C(C)(C)N1C(C)(C)c1ccccc1C. The van der Waals surface area contributed by atoms with Crippen molar-refractivity contribution in [3.63, 3.8) is 0 Å². The lowest BCUT2D eigenvalue weighted by atomic mass is 9.49. The Morgan fingerprint density at radius 2 is 1.59 bits per heavy atom. The fourth-order valence-corrected chi connectivity index (χ4v) is 8.35. The van der Waals surface area contributed by atoms with E-state index in [2.05, 4.69) is 99.3 Å². The summed E-state index contributed by atoms with van der Waals surface area (Å²) < 4.78 is 32.2. The Hall–Kier alpha value is -2.33. The lowest BCUT2D eigenvalue weighted by molar-refractivity contribution is -0.164. The van der Waals surface area contributed by atoms with Gasteiger partial charge in [0.2, 0.25) is 0 Å². The minimum absolute atomic E-state index is 0.0710. The summed E-state index contributed by atoms with van der Waals surface area (Å²) in [6.07, 6.45) is 0.830. The van der Waals surface area contributed by atoms with Crippen molar-refractivity contribution < 1.29 is 17.0 Å². The molecule has 2 unspecified atom stereocenters. The number of likely N-dealkylation sites (tertiary alicyclic amines) is 1. The standard InChI is InChI=1S/C40H61NO3/c1-25(2)43-31-23-28-32(27(4)34(31)44-35(5,6)7)36(8,9)30(33(28)42)24-40(16)21-22-41(39(14,15)38(40,12)13)37(10,11)29-20-18-17-19-26(29)3/h17-20,23,25,30H,21-22,24H2,1-16H3/i22D2. The quantitative estimate of drug-likeness (QED) is 0.315. The number of rotatable bonds is 7. The van der Waals surface area contributed by atoms with Crippen LogP contribution in [0.3, 0.4) is 0 Å². The topological polar surface area (TPSA) is 38.8 Å². The summed E-state index contributed by atoms with van der Waals surface area (Å²) in [6.45, 7) is 32.5. The van der Waals surface area contributed by atoms with Gasteiger partial charge in [0, 0.05) is 37.2 Å². The Labute approximate surface area is 272 Å². The summed E-state index contributed by atoms with van der Waals surface area (Å²) >= 11 is 0. The summed E-state index contributed by atoms with van der Waals surface area (Å²) in [5.41, 5.74) is 2.10. The van der Waals surface area contributed by atoms with Crippen LogP contribution in [0.2, 0.25) is 0 Å². The van der Waals surface area contributed by atoms with Crippen LogP contribution in [0.1, 0.15) is 145 Å². The van der Waals surface area contributed by atoms with E-state index in [0.717, 1.165) is 22.3 Å². The summed E-state index contributed by atoms with van der Waals surface area (Å²) in [4.78, 5) is 16.7. The lowest BCUT2D eigenvalue weighted by Gasteiger charge is -2.66. The Balaban J connectivity index is 1.82. The highest BCUT2D eigenvalue weighted by molar-refractivity contribution is 6.05. The second-order valence-corrected chi connectivity index (χ2v) is 17.3. The number of hydrogen-bond donors (Lipinski definition) is 0. The van der Waals surface area contributed by atoms with Crippen molar-refractivity contribution in [3.8, 4) is 11.5 Å². The van der Waals surface area contributed by atoms with E-state index in [0.29, 0.717) is 29.9 Å². The molecule has 244 valence electrons. The smallest absolute Gasteiger partial charge is 0.167 e. The number of carbonyl (C=O) groups is 1. The molecule has 2 aliphatic rings. The van der Waals surface area contributed by atoms with E-state index in [-0.39, 0.29) is 23.2 Å². The zero-order valence-electron chi connectivity index (χ0n) is 32.6. The normalized spacial score (nSPS) is 26.7. The molecule has 0 radical (unpaired) electrons. The van der Waals surface area contributed by atoms with Gasteiger partial charge in [-0.2, -0.15) is 0 Å². The van der Waals surface area contributed by atoms with Gasteiger partial charge >= 0.3 is 0 Å². The van der Waals surface area contributed by atoms with Crippen molar-refractivity contribution in [2.45, 2.75) is 152 Å². The number of ether oxygens (including phenoxy) is 2. The van der Waals surface area contributed by atoms with E-state index >= 15 is 0 Å². The molecule has 4 rings (SSSR count). The van der Waals surface area contributed by atoms with Gasteiger partial charge in [-0.1, -0.05) is 58.9 Å². The molecule has 1 heterocycles. The minimum Gasteiger partial charge on any atom is -0.487 e. The third kappa shape index (κ3) is 5.41. The number of carbonyl (C=O) groups excluding carboxylic acids is 1. The number of hydrogen-bond acceptors (Lipinski definition) is 4. The molecule has 1 saturated heterocycles. The Morgan fingerprint density at radius 1 is 1.00 bits per heavy atom. The molecule has 0 spiro atoms. The molecule has 0 aromatic heterocycles. The van der Waals surface area contributed by atoms with Crippen LogP contribution >= 0.6 is 0 Å². The predicted octanol–water partition coefficient (Wildman–Crippen LogP) is 10.2. The Kier molecular flexibility index (Phi) is 7.83. The first-order valence-corrected chi connectivity index (χ1v) is 16.6. The first-order valence-electron chi connectivity index (χ1n) is 17.6. The van der Waals surface area contributed by atoms with Crippen molar-refractivity contribution in [1.82, 2.24) is 4.90 Å². The molecule has 4 heteroatoms. The van der Waals surface area contributed by atoms with Gasteiger partial charge in [-0.05, 0) is 128 Å². The molecule has 1 aliphatic heterocycles. The highest BCUT2D eigenvalue weighted by Gasteiger charge is 2.61. The molecular formula is C40H61NO3. The highest BCUT2D eigenvalue weighted by Crippen LogP contribution is 2.62. The maximum Gasteiger partial charge on any atom is 0.167 e. The third-order valence-corrected chi connectivity index (χ3v) is 11.6. The predicted molar refractivity (Wildman–Crippen MR) is 184 cm³/mol. The van der Waals surface area contributed by atoms with Crippen LogP contribution in [-0.4, -0.2) is 34.4 Å². The molecule has 44 heavy (non-hydrogen) atoms. The second-order valence-electron chi connectivity index (χ2n) is 17.3. The minimum atomic E-state index is -1.62. The van der Waals surface area contributed by atoms with Gasteiger partial charge in [0.15, 0.2) is 17.3 Å². The van der Waals surface area contributed by atoms with Crippen LogP contribution in [0.25, 0.3) is 0 Å². The van der Waals surface area contributed by atoms with Crippen molar-refractivity contribution in [2.75, 3.05) is 6.50 Å². The van der Waals surface area contributed by atoms with E-state index in [1.54, 1.807) is 0 Å². The zero-order chi connectivity index (χ0) is 35.2. The average Bonchev–Trinajstić information content (AvgIpc) is 3.03. The van der Waals surface area contributed by atoms with Crippen molar-refractivity contribution in [3.05, 3.63) is 58.1 Å². The van der Waals surface area contributed by atoms with Crippen LogP contribution in [0.5, 0.6) is 11.5 Å². The van der Waals surface area contributed by atoms with Crippen LogP contribution in [0.4, 0.5) is 0 Å². The third-order valence-electron chi connectivity index (χ3n) is 11.6. The molecule has 0 bridgehead atoms. The number of fused-ring (bicyclic) bond motifs is 1. The molecule has 2 aromatic carbocycles. The van der Waals surface area contributed by atoms with E-state index in [1.807, 2.05) is 46.8 Å². The first kappa shape index (κ1) is 31.6. The fraction of sp³-hybridized carbons (Fsp3) is 0.675. The van der Waals surface area contributed by atoms with Gasteiger partial charge in [-0.15, -0.1) is 0 Å². The summed E-state index contributed by atoms with van der Waals surface area (Å²) in [5.74, 6) is 1.13. The molecule has 1 fully saturated rings. The second kappa shape index (κ2) is 10.9. The van der Waals surface area contributed by atoms with Gasteiger partial charge in [-0.25, -0.2) is 0 Å². The average molecular weight is 606 g/mol. The molecule has 4 nitrogen and oxygen atoms in total. The Bertz CT molecular complexity index is 1510. The van der Waals surface area contributed by atoms with Gasteiger partial charge in [-0.3, -0.25) is 9.69 Å². The maximum atomic E-state index is 14.6. The number of benzene rings is 2. The molecule has 1 aliphatic carbocycles. The summed E-state index contributed by atoms with van der Waals surface area (Å²) in [6, 6.07) is 10.3. The van der Waals surface area contributed by atoms with Crippen LogP contribution in [-0.2, 0) is 11.0 Å². The lowest BCUT2D eigenvalue weighted by Crippen LogP contribution is -2.69. The van der Waals surface area contributed by atoms with Gasteiger partial charge in [0.1, 0.15) is 5.60 Å².